The van der Waals surface area contributed by atoms with Gasteiger partial charge in [-0.2, -0.15) is 5.10 Å². The van der Waals surface area contributed by atoms with E-state index < -0.39 is 0 Å². The van der Waals surface area contributed by atoms with Crippen molar-refractivity contribution in [2.45, 2.75) is 26.7 Å². The van der Waals surface area contributed by atoms with E-state index in [0.717, 1.165) is 16.8 Å². The number of aryl methyl sites for hydroxylation is 2. The molecule has 4 aromatic rings. The molecule has 0 aliphatic rings. The fourth-order valence-corrected chi connectivity index (χ4v) is 2.87. The van der Waals surface area contributed by atoms with Crippen molar-refractivity contribution >= 4 is 28.3 Å². The van der Waals surface area contributed by atoms with Gasteiger partial charge in [0.1, 0.15) is 17.4 Å². The standard InChI is InChI=1S/C16H15N7O2/c1-9-12(10(2)20-23-8-17-19-16(9)23)4-6-15(24)18-11-3-5-13-14(7-11)22-25-21-13/h3,5,7-8H,4,6H2,1-2H3,(H,18,24). The zero-order valence-corrected chi connectivity index (χ0v) is 13.7. The Morgan fingerprint density at radius 1 is 1.24 bits per heavy atom. The quantitative estimate of drug-likeness (QED) is 0.605. The Hall–Kier alpha value is -3.36. The van der Waals surface area contributed by atoms with Crippen LogP contribution in [0.5, 0.6) is 0 Å². The van der Waals surface area contributed by atoms with Crippen LogP contribution in [0.1, 0.15) is 23.2 Å². The zero-order valence-electron chi connectivity index (χ0n) is 13.7. The van der Waals surface area contributed by atoms with E-state index in [1.54, 1.807) is 29.0 Å². The van der Waals surface area contributed by atoms with Crippen molar-refractivity contribution in [1.29, 1.82) is 0 Å². The Kier molecular flexibility index (Phi) is 3.60. The summed E-state index contributed by atoms with van der Waals surface area (Å²) in [6.07, 6.45) is 2.48. The number of anilines is 1. The topological polar surface area (TPSA) is 111 Å². The lowest BCUT2D eigenvalue weighted by Gasteiger charge is -2.10. The van der Waals surface area contributed by atoms with Gasteiger partial charge in [0.15, 0.2) is 5.65 Å². The number of benzene rings is 1. The van der Waals surface area contributed by atoms with Crippen molar-refractivity contribution in [1.82, 2.24) is 30.1 Å². The highest BCUT2D eigenvalue weighted by Crippen LogP contribution is 2.19. The fourth-order valence-electron chi connectivity index (χ4n) is 2.87. The van der Waals surface area contributed by atoms with Crippen LogP contribution in [0.3, 0.4) is 0 Å². The summed E-state index contributed by atoms with van der Waals surface area (Å²) < 4.78 is 6.30. The molecule has 3 heterocycles. The van der Waals surface area contributed by atoms with E-state index >= 15 is 0 Å². The maximum absolute atomic E-state index is 12.3. The second-order valence-corrected chi connectivity index (χ2v) is 5.80. The van der Waals surface area contributed by atoms with Crippen LogP contribution < -0.4 is 5.32 Å². The van der Waals surface area contributed by atoms with Gasteiger partial charge in [-0.1, -0.05) is 0 Å². The molecule has 1 aromatic carbocycles. The van der Waals surface area contributed by atoms with E-state index in [-0.39, 0.29) is 5.91 Å². The lowest BCUT2D eigenvalue weighted by Crippen LogP contribution is -2.14. The molecule has 0 spiro atoms. The van der Waals surface area contributed by atoms with Gasteiger partial charge in [0, 0.05) is 17.7 Å². The maximum atomic E-state index is 12.3. The van der Waals surface area contributed by atoms with Crippen molar-refractivity contribution in [3.05, 3.63) is 41.3 Å². The molecule has 126 valence electrons. The van der Waals surface area contributed by atoms with Crippen molar-refractivity contribution in [3.63, 3.8) is 0 Å². The highest BCUT2D eigenvalue weighted by molar-refractivity contribution is 5.93. The van der Waals surface area contributed by atoms with Crippen LogP contribution in [0.4, 0.5) is 5.69 Å². The van der Waals surface area contributed by atoms with E-state index in [1.165, 1.54) is 0 Å². The van der Waals surface area contributed by atoms with E-state index in [4.69, 9.17) is 0 Å². The summed E-state index contributed by atoms with van der Waals surface area (Å²) in [7, 11) is 0. The molecule has 1 amide bonds. The first-order valence-corrected chi connectivity index (χ1v) is 7.80. The van der Waals surface area contributed by atoms with Gasteiger partial charge in [-0.25, -0.2) is 9.14 Å². The van der Waals surface area contributed by atoms with E-state index in [1.807, 2.05) is 13.8 Å². The van der Waals surface area contributed by atoms with Gasteiger partial charge < -0.3 is 5.32 Å². The molecule has 0 saturated carbocycles. The smallest absolute Gasteiger partial charge is 0.224 e. The fraction of sp³-hybridized carbons (Fsp3) is 0.250. The average molecular weight is 337 g/mol. The first-order chi connectivity index (χ1) is 12.1. The van der Waals surface area contributed by atoms with Crippen molar-refractivity contribution in [2.24, 2.45) is 0 Å². The summed E-state index contributed by atoms with van der Waals surface area (Å²) >= 11 is 0. The van der Waals surface area contributed by atoms with Crippen molar-refractivity contribution in [2.75, 3.05) is 5.32 Å². The second-order valence-electron chi connectivity index (χ2n) is 5.80. The summed E-state index contributed by atoms with van der Waals surface area (Å²) in [5, 5.41) is 22.7. The third-order valence-corrected chi connectivity index (χ3v) is 4.15. The van der Waals surface area contributed by atoms with Crippen LogP contribution >= 0.6 is 0 Å². The molecule has 9 nitrogen and oxygen atoms in total. The van der Waals surface area contributed by atoms with Crippen LogP contribution in [-0.4, -0.2) is 36.0 Å². The zero-order chi connectivity index (χ0) is 17.4. The number of fused-ring (bicyclic) bond motifs is 2. The lowest BCUT2D eigenvalue weighted by molar-refractivity contribution is -0.116. The number of nitrogens with one attached hydrogen (secondary N) is 1. The lowest BCUT2D eigenvalue weighted by atomic mass is 10.0. The predicted molar refractivity (Wildman–Crippen MR) is 89.0 cm³/mol. The molecule has 0 atom stereocenters. The molecule has 0 aliphatic heterocycles. The third-order valence-electron chi connectivity index (χ3n) is 4.15. The molecule has 0 radical (unpaired) electrons. The molecule has 25 heavy (non-hydrogen) atoms. The van der Waals surface area contributed by atoms with Gasteiger partial charge >= 0.3 is 0 Å². The maximum Gasteiger partial charge on any atom is 0.224 e. The van der Waals surface area contributed by atoms with E-state index in [9.17, 15) is 4.79 Å². The van der Waals surface area contributed by atoms with E-state index in [0.29, 0.717) is 35.2 Å². The van der Waals surface area contributed by atoms with E-state index in [2.05, 4.69) is 35.6 Å². The molecular weight excluding hydrogens is 322 g/mol. The second kappa shape index (κ2) is 5.93. The monoisotopic (exact) mass is 337 g/mol. The van der Waals surface area contributed by atoms with Gasteiger partial charge in [0.25, 0.3) is 0 Å². The van der Waals surface area contributed by atoms with Crippen molar-refractivity contribution < 1.29 is 9.42 Å². The minimum absolute atomic E-state index is 0.0871. The Balaban J connectivity index is 1.48. The molecule has 9 heteroatoms. The number of nitrogens with zero attached hydrogens (tertiary/aromatic N) is 6. The first-order valence-electron chi connectivity index (χ1n) is 7.80. The van der Waals surface area contributed by atoms with Gasteiger partial charge in [-0.3, -0.25) is 4.79 Å². The van der Waals surface area contributed by atoms with Gasteiger partial charge in [0.2, 0.25) is 5.91 Å². The van der Waals surface area contributed by atoms with Gasteiger partial charge in [-0.15, -0.1) is 10.2 Å². The third kappa shape index (κ3) is 2.80. The van der Waals surface area contributed by atoms with Crippen molar-refractivity contribution in [3.8, 4) is 0 Å². The Morgan fingerprint density at radius 2 is 2.08 bits per heavy atom. The number of amides is 1. The molecule has 3 aromatic heterocycles. The largest absolute Gasteiger partial charge is 0.326 e. The summed E-state index contributed by atoms with van der Waals surface area (Å²) in [4.78, 5) is 12.3. The SMILES string of the molecule is Cc1nn2cnnc2c(C)c1CCC(=O)Nc1ccc2nonc2c1. The molecule has 0 saturated heterocycles. The summed E-state index contributed by atoms with van der Waals surface area (Å²) in [5.41, 5.74) is 5.51. The Labute approximate surface area is 142 Å². The van der Waals surface area contributed by atoms with Gasteiger partial charge in [-0.05, 0) is 54.3 Å². The molecule has 4 rings (SSSR count). The number of carbonyl (C=O) groups excluding carboxylic acids is 1. The predicted octanol–water partition coefficient (Wildman–Crippen LogP) is 1.85. The summed E-state index contributed by atoms with van der Waals surface area (Å²) in [5.74, 6) is -0.0871. The summed E-state index contributed by atoms with van der Waals surface area (Å²) in [6, 6.07) is 5.24. The molecule has 1 N–H and O–H groups in total. The number of hydrogen-bond acceptors (Lipinski definition) is 7. The number of aromatic nitrogens is 6. The van der Waals surface area contributed by atoms with Crippen LogP contribution in [0.15, 0.2) is 29.2 Å². The Morgan fingerprint density at radius 3 is 2.96 bits per heavy atom. The van der Waals surface area contributed by atoms with Crippen LogP contribution in [-0.2, 0) is 11.2 Å². The van der Waals surface area contributed by atoms with Crippen LogP contribution in [0.2, 0.25) is 0 Å². The average Bonchev–Trinajstić information content (AvgIpc) is 3.22. The first kappa shape index (κ1) is 15.2. The highest BCUT2D eigenvalue weighted by Gasteiger charge is 2.13. The van der Waals surface area contributed by atoms with Crippen LogP contribution in [0.25, 0.3) is 16.7 Å². The molecule has 0 aliphatic carbocycles. The number of carbonyl (C=O) groups is 1. The summed E-state index contributed by atoms with van der Waals surface area (Å²) in [6.45, 7) is 3.89. The van der Waals surface area contributed by atoms with Crippen LogP contribution in [0, 0.1) is 13.8 Å². The number of rotatable bonds is 4. The molecule has 0 fully saturated rings. The molecular formula is C16H15N7O2. The minimum Gasteiger partial charge on any atom is -0.326 e. The molecule has 0 bridgehead atoms. The van der Waals surface area contributed by atoms with Gasteiger partial charge in [0.05, 0.1) is 5.69 Å². The Bertz CT molecular complexity index is 1080. The molecule has 0 unspecified atom stereocenters. The highest BCUT2D eigenvalue weighted by atomic mass is 16.6. The number of hydrogen-bond donors (Lipinski definition) is 1. The minimum atomic E-state index is -0.0871. The normalized spacial score (nSPS) is 11.3.